The first-order valence-electron chi connectivity index (χ1n) is 9.80. The van der Waals surface area contributed by atoms with Crippen molar-refractivity contribution in [3.63, 3.8) is 0 Å². The SMILES string of the molecule is Cc1cc(=O)c(C(=O)N2C(C(=O)O)CC3CCCCC32)nn1-c1ccccc1F. The van der Waals surface area contributed by atoms with E-state index in [1.165, 1.54) is 33.8 Å². The predicted molar refractivity (Wildman–Crippen MR) is 102 cm³/mol. The van der Waals surface area contributed by atoms with Gasteiger partial charge in [0.1, 0.15) is 17.5 Å². The number of benzene rings is 1. The summed E-state index contributed by atoms with van der Waals surface area (Å²) in [7, 11) is 0. The Morgan fingerprint density at radius 3 is 2.66 bits per heavy atom. The van der Waals surface area contributed by atoms with Crippen molar-refractivity contribution in [3.05, 3.63) is 57.8 Å². The molecule has 1 aliphatic heterocycles. The standard InChI is InChI=1S/C21H22FN3O4/c1-12-10-18(26)19(23-25(12)16-9-5-3-7-14(16)22)20(27)24-15-8-4-2-6-13(15)11-17(24)21(28)29/h3,5,7,9-10,13,15,17H,2,4,6,8,11H2,1H3,(H,28,29). The summed E-state index contributed by atoms with van der Waals surface area (Å²) < 4.78 is 15.5. The summed E-state index contributed by atoms with van der Waals surface area (Å²) in [6.45, 7) is 1.60. The molecule has 29 heavy (non-hydrogen) atoms. The van der Waals surface area contributed by atoms with Crippen molar-refractivity contribution in [2.45, 2.75) is 51.1 Å². The summed E-state index contributed by atoms with van der Waals surface area (Å²) >= 11 is 0. The molecule has 1 aromatic heterocycles. The number of likely N-dealkylation sites (tertiary alicyclic amines) is 1. The first kappa shape index (κ1) is 19.3. The minimum atomic E-state index is -1.07. The molecular weight excluding hydrogens is 377 g/mol. The van der Waals surface area contributed by atoms with Gasteiger partial charge in [-0.2, -0.15) is 5.10 Å². The number of hydrogen-bond acceptors (Lipinski definition) is 4. The predicted octanol–water partition coefficient (Wildman–Crippen LogP) is 2.54. The molecule has 3 atom stereocenters. The van der Waals surface area contributed by atoms with Crippen molar-refractivity contribution < 1.29 is 19.1 Å². The van der Waals surface area contributed by atoms with Gasteiger partial charge in [-0.25, -0.2) is 13.9 Å². The highest BCUT2D eigenvalue weighted by molar-refractivity contribution is 5.95. The third kappa shape index (κ3) is 3.32. The molecule has 0 spiro atoms. The summed E-state index contributed by atoms with van der Waals surface area (Å²) in [6, 6.07) is 5.99. The normalized spacial score (nSPS) is 23.7. The van der Waals surface area contributed by atoms with Gasteiger partial charge in [0.25, 0.3) is 5.91 Å². The van der Waals surface area contributed by atoms with Crippen LogP contribution in [0.5, 0.6) is 0 Å². The van der Waals surface area contributed by atoms with Crippen molar-refractivity contribution in [2.24, 2.45) is 5.92 Å². The maximum atomic E-state index is 14.3. The quantitative estimate of drug-likeness (QED) is 0.856. The van der Waals surface area contributed by atoms with Gasteiger partial charge in [0.05, 0.1) is 0 Å². The molecule has 1 saturated carbocycles. The highest BCUT2D eigenvalue weighted by Crippen LogP contribution is 2.40. The molecule has 2 fully saturated rings. The number of hydrogen-bond donors (Lipinski definition) is 1. The van der Waals surface area contributed by atoms with Gasteiger partial charge in [-0.3, -0.25) is 9.59 Å². The lowest BCUT2D eigenvalue weighted by Crippen LogP contribution is -2.48. The maximum Gasteiger partial charge on any atom is 0.326 e. The molecule has 1 N–H and O–H groups in total. The number of carboxylic acid groups (broad SMARTS) is 1. The lowest BCUT2D eigenvalue weighted by Gasteiger charge is -2.32. The first-order valence-corrected chi connectivity index (χ1v) is 9.80. The third-order valence-electron chi connectivity index (χ3n) is 6.00. The minimum Gasteiger partial charge on any atom is -0.480 e. The van der Waals surface area contributed by atoms with Gasteiger partial charge in [-0.1, -0.05) is 25.0 Å². The third-order valence-corrected chi connectivity index (χ3v) is 6.00. The van der Waals surface area contributed by atoms with Gasteiger partial charge in [0.2, 0.25) is 5.43 Å². The molecular formula is C21H22FN3O4. The van der Waals surface area contributed by atoms with E-state index in [2.05, 4.69) is 5.10 Å². The molecule has 2 aliphatic rings. The summed E-state index contributed by atoms with van der Waals surface area (Å²) in [4.78, 5) is 39.0. The summed E-state index contributed by atoms with van der Waals surface area (Å²) in [5.74, 6) is -2.19. The lowest BCUT2D eigenvalue weighted by molar-refractivity contribution is -0.141. The molecule has 8 heteroatoms. The van der Waals surface area contributed by atoms with Crippen LogP contribution < -0.4 is 5.43 Å². The number of carbonyl (C=O) groups excluding carboxylic acids is 1. The highest BCUT2D eigenvalue weighted by Gasteiger charge is 2.48. The zero-order chi connectivity index (χ0) is 20.7. The lowest BCUT2D eigenvalue weighted by atomic mass is 9.84. The Hall–Kier alpha value is -3.03. The number of para-hydroxylation sites is 1. The molecule has 4 rings (SSSR count). The number of halogens is 1. The van der Waals surface area contributed by atoms with E-state index in [1.807, 2.05) is 0 Å². The van der Waals surface area contributed by atoms with Crippen LogP contribution in [0.25, 0.3) is 5.69 Å². The number of amides is 1. The molecule has 0 bridgehead atoms. The van der Waals surface area contributed by atoms with Crippen LogP contribution in [0.1, 0.15) is 48.3 Å². The molecule has 7 nitrogen and oxygen atoms in total. The van der Waals surface area contributed by atoms with E-state index in [9.17, 15) is 23.9 Å². The average molecular weight is 399 g/mol. The first-order chi connectivity index (χ1) is 13.9. The summed E-state index contributed by atoms with van der Waals surface area (Å²) in [6.07, 6.45) is 3.90. The Morgan fingerprint density at radius 2 is 1.93 bits per heavy atom. The Morgan fingerprint density at radius 1 is 1.21 bits per heavy atom. The van der Waals surface area contributed by atoms with Crippen molar-refractivity contribution in [1.29, 1.82) is 0 Å². The molecule has 0 radical (unpaired) electrons. The van der Waals surface area contributed by atoms with Gasteiger partial charge in [-0.15, -0.1) is 0 Å². The van der Waals surface area contributed by atoms with Crippen LogP contribution in [-0.2, 0) is 4.79 Å². The van der Waals surface area contributed by atoms with Gasteiger partial charge in [0, 0.05) is 17.8 Å². The fraction of sp³-hybridized carbons (Fsp3) is 0.429. The van der Waals surface area contributed by atoms with Crippen LogP contribution in [0.4, 0.5) is 4.39 Å². The second-order valence-electron chi connectivity index (χ2n) is 7.78. The molecule has 1 aliphatic carbocycles. The van der Waals surface area contributed by atoms with E-state index in [-0.39, 0.29) is 23.3 Å². The van der Waals surface area contributed by atoms with Gasteiger partial charge >= 0.3 is 5.97 Å². The van der Waals surface area contributed by atoms with Crippen LogP contribution in [0.2, 0.25) is 0 Å². The molecule has 1 amide bonds. The molecule has 1 saturated heterocycles. The Bertz CT molecular complexity index is 1030. The highest BCUT2D eigenvalue weighted by atomic mass is 19.1. The van der Waals surface area contributed by atoms with Crippen molar-refractivity contribution in [2.75, 3.05) is 0 Å². The number of carboxylic acids is 1. The number of nitrogens with zero attached hydrogens (tertiary/aromatic N) is 3. The van der Waals surface area contributed by atoms with E-state index < -0.39 is 29.2 Å². The molecule has 3 unspecified atom stereocenters. The Labute approximate surface area is 166 Å². The number of aryl methyl sites for hydroxylation is 1. The van der Waals surface area contributed by atoms with Gasteiger partial charge in [-0.05, 0) is 44.2 Å². The van der Waals surface area contributed by atoms with Crippen molar-refractivity contribution in [1.82, 2.24) is 14.7 Å². The minimum absolute atomic E-state index is 0.116. The number of fused-ring (bicyclic) bond motifs is 1. The van der Waals surface area contributed by atoms with E-state index in [0.29, 0.717) is 18.5 Å². The second kappa shape index (κ2) is 7.42. The topological polar surface area (TPSA) is 92.5 Å². The molecule has 1 aromatic carbocycles. The smallest absolute Gasteiger partial charge is 0.326 e. The monoisotopic (exact) mass is 399 g/mol. The fourth-order valence-electron chi connectivity index (χ4n) is 4.66. The summed E-state index contributed by atoms with van der Waals surface area (Å²) in [5, 5.41) is 13.8. The van der Waals surface area contributed by atoms with Gasteiger partial charge in [0.15, 0.2) is 5.69 Å². The number of rotatable bonds is 3. The number of aliphatic carboxylic acids is 1. The van der Waals surface area contributed by atoms with Gasteiger partial charge < -0.3 is 10.0 Å². The van der Waals surface area contributed by atoms with E-state index in [0.717, 1.165) is 19.3 Å². The van der Waals surface area contributed by atoms with E-state index in [4.69, 9.17) is 0 Å². The zero-order valence-electron chi connectivity index (χ0n) is 16.0. The van der Waals surface area contributed by atoms with E-state index >= 15 is 0 Å². The van der Waals surface area contributed by atoms with Crippen molar-refractivity contribution in [3.8, 4) is 5.69 Å². The second-order valence-corrected chi connectivity index (χ2v) is 7.78. The van der Waals surface area contributed by atoms with Crippen LogP contribution in [0.3, 0.4) is 0 Å². The molecule has 2 aromatic rings. The maximum absolute atomic E-state index is 14.3. The largest absolute Gasteiger partial charge is 0.480 e. The fourth-order valence-corrected chi connectivity index (χ4v) is 4.66. The Balaban J connectivity index is 1.78. The Kier molecular flexibility index (Phi) is 4.94. The molecule has 2 heterocycles. The number of carbonyl (C=O) groups is 2. The van der Waals surface area contributed by atoms with Crippen LogP contribution in [-0.4, -0.2) is 43.7 Å². The summed E-state index contributed by atoms with van der Waals surface area (Å²) in [5.41, 5.74) is -0.478. The number of aromatic nitrogens is 2. The van der Waals surface area contributed by atoms with Crippen LogP contribution >= 0.6 is 0 Å². The average Bonchev–Trinajstić information content (AvgIpc) is 3.08. The van der Waals surface area contributed by atoms with Crippen molar-refractivity contribution >= 4 is 11.9 Å². The van der Waals surface area contributed by atoms with Crippen LogP contribution in [0.15, 0.2) is 35.1 Å². The van der Waals surface area contributed by atoms with Crippen LogP contribution in [0, 0.1) is 18.7 Å². The zero-order valence-corrected chi connectivity index (χ0v) is 16.0. The molecule has 152 valence electrons. The van der Waals surface area contributed by atoms with E-state index in [1.54, 1.807) is 13.0 Å².